The Labute approximate surface area is 319 Å². The molecule has 0 saturated carbocycles. The second kappa shape index (κ2) is 19.8. The van der Waals surface area contributed by atoms with Gasteiger partial charge in [-0.1, -0.05) is 125 Å². The molecule has 1 amide bonds. The van der Waals surface area contributed by atoms with Gasteiger partial charge in [-0.25, -0.2) is 9.59 Å². The molecule has 298 valence electrons. The van der Waals surface area contributed by atoms with E-state index >= 15 is 0 Å². The van der Waals surface area contributed by atoms with Crippen molar-refractivity contribution in [2.24, 2.45) is 35.3 Å². The van der Waals surface area contributed by atoms with Gasteiger partial charge in [0.1, 0.15) is 12.7 Å². The zero-order chi connectivity index (χ0) is 40.4. The number of benzene rings is 1. The number of allylic oxidation sites excluding steroid dienone is 1. The molecule has 10 heteroatoms. The van der Waals surface area contributed by atoms with E-state index in [0.29, 0.717) is 0 Å². The highest BCUT2D eigenvalue weighted by molar-refractivity contribution is 6.74. The Morgan fingerprint density at radius 2 is 1.25 bits per heavy atom. The van der Waals surface area contributed by atoms with Crippen LogP contribution in [0.4, 0.5) is 4.79 Å². The van der Waals surface area contributed by atoms with Gasteiger partial charge in [0.05, 0.1) is 19.3 Å². The topological polar surface area (TPSA) is 106 Å². The van der Waals surface area contributed by atoms with Gasteiger partial charge in [0.15, 0.2) is 16.6 Å². The van der Waals surface area contributed by atoms with Crippen molar-refractivity contribution in [2.75, 3.05) is 7.11 Å². The molecular weight excluding hydrogens is 687 g/mol. The van der Waals surface area contributed by atoms with Crippen molar-refractivity contribution in [1.29, 1.82) is 0 Å². The quantitative estimate of drug-likeness (QED) is 0.0492. The number of nitrogens with two attached hydrogens (primary N) is 1. The van der Waals surface area contributed by atoms with E-state index in [4.69, 9.17) is 28.8 Å². The van der Waals surface area contributed by atoms with Crippen molar-refractivity contribution in [3.05, 3.63) is 59.4 Å². The molecule has 1 aromatic rings. The SMILES string of the molecule is COC(=O)C(=C[C@H](C)[C@@H](O[Si](C)(C)C(C)(C)C)[C@@H](C)C=C(C)C[C@H](C)[C@@H](O[Si](C)(C)C(C)(C)C)[C@H](C)[C@@H](OC(N)=O)C(C)C)OCc1ccccc1. The van der Waals surface area contributed by atoms with Crippen molar-refractivity contribution in [1.82, 2.24) is 0 Å². The van der Waals surface area contributed by atoms with Crippen molar-refractivity contribution in [3.63, 3.8) is 0 Å². The summed E-state index contributed by atoms with van der Waals surface area (Å²) in [5.74, 6) is -0.354. The van der Waals surface area contributed by atoms with Crippen LogP contribution in [0.1, 0.15) is 102 Å². The lowest BCUT2D eigenvalue weighted by molar-refractivity contribution is -0.140. The normalized spacial score (nSPS) is 17.8. The second-order valence-electron chi connectivity index (χ2n) is 18.4. The minimum atomic E-state index is -2.23. The molecule has 0 spiro atoms. The van der Waals surface area contributed by atoms with E-state index in [1.54, 1.807) is 0 Å². The lowest BCUT2D eigenvalue weighted by Gasteiger charge is -2.45. The standard InChI is InChI=1S/C42H75NO7Si2/c1-28(2)36(48-40(43)45)33(7)38(50-52(17,18)42(11,12)13)31(5)25-29(3)24-30(4)37(49-51(15,16)41(8,9)10)32(6)26-35(39(44)46-14)47-27-34-22-20-19-21-23-34/h19-24,26,28,30-33,36-38H,25,27H2,1-18H3,(H2,43,45)/t30-,31-,32-,33+,36-,37-,38+/m0/s1. The van der Waals surface area contributed by atoms with E-state index in [2.05, 4.69) is 122 Å². The molecule has 0 saturated heterocycles. The maximum atomic E-state index is 12.9. The number of rotatable bonds is 19. The maximum absolute atomic E-state index is 12.9. The monoisotopic (exact) mass is 762 g/mol. The summed E-state index contributed by atoms with van der Waals surface area (Å²) in [6.45, 7) is 37.7. The van der Waals surface area contributed by atoms with Gasteiger partial charge in [-0.2, -0.15) is 0 Å². The van der Waals surface area contributed by atoms with Crippen LogP contribution in [0.15, 0.2) is 53.8 Å². The summed E-state index contributed by atoms with van der Waals surface area (Å²) >= 11 is 0. The summed E-state index contributed by atoms with van der Waals surface area (Å²) < 4.78 is 31.2. The number of hydrogen-bond acceptors (Lipinski definition) is 7. The molecule has 0 unspecified atom stereocenters. The Bertz CT molecular complexity index is 1330. The minimum Gasteiger partial charge on any atom is -0.482 e. The van der Waals surface area contributed by atoms with Crippen LogP contribution in [-0.2, 0) is 34.5 Å². The van der Waals surface area contributed by atoms with Crippen LogP contribution in [0.2, 0.25) is 36.3 Å². The van der Waals surface area contributed by atoms with Crippen LogP contribution in [0.25, 0.3) is 0 Å². The number of primary amides is 1. The lowest BCUT2D eigenvalue weighted by atomic mass is 9.82. The molecule has 0 bridgehead atoms. The molecule has 1 aromatic carbocycles. The van der Waals surface area contributed by atoms with Gasteiger partial charge < -0.3 is 28.8 Å². The number of methoxy groups -OCH3 is 1. The highest BCUT2D eigenvalue weighted by atomic mass is 28.4. The van der Waals surface area contributed by atoms with Crippen LogP contribution in [-0.4, -0.2) is 54.1 Å². The van der Waals surface area contributed by atoms with E-state index in [9.17, 15) is 9.59 Å². The molecule has 0 aromatic heterocycles. The molecule has 0 aliphatic heterocycles. The average molecular weight is 762 g/mol. The zero-order valence-corrected chi connectivity index (χ0v) is 38.0. The summed E-state index contributed by atoms with van der Waals surface area (Å²) in [4.78, 5) is 24.9. The van der Waals surface area contributed by atoms with E-state index in [-0.39, 0.29) is 70.3 Å². The molecule has 1 rings (SSSR count). The fraction of sp³-hybridized carbons (Fsp3) is 0.714. The highest BCUT2D eigenvalue weighted by Gasteiger charge is 2.44. The van der Waals surface area contributed by atoms with Crippen LogP contribution < -0.4 is 5.73 Å². The number of hydrogen-bond donors (Lipinski definition) is 1. The Kier molecular flexibility index (Phi) is 18.1. The van der Waals surface area contributed by atoms with Crippen molar-refractivity contribution in [3.8, 4) is 0 Å². The Hall–Kier alpha value is -2.41. The fourth-order valence-electron chi connectivity index (χ4n) is 6.22. The molecule has 0 heterocycles. The first-order valence-electron chi connectivity index (χ1n) is 19.1. The smallest absolute Gasteiger partial charge is 0.404 e. The van der Waals surface area contributed by atoms with Crippen LogP contribution in [0.5, 0.6) is 0 Å². The Balaban J connectivity index is 3.58. The van der Waals surface area contributed by atoms with Gasteiger partial charge in [0.2, 0.25) is 5.76 Å². The van der Waals surface area contributed by atoms with Crippen molar-refractivity contribution < 1.29 is 32.7 Å². The molecule has 2 N–H and O–H groups in total. The Morgan fingerprint density at radius 3 is 1.69 bits per heavy atom. The average Bonchev–Trinajstić information content (AvgIpc) is 3.01. The predicted octanol–water partition coefficient (Wildman–Crippen LogP) is 11.0. The summed E-state index contributed by atoms with van der Waals surface area (Å²) in [5, 5.41) is -0.00513. The molecule has 0 fully saturated rings. The molecule has 0 aliphatic carbocycles. The fourth-order valence-corrected chi connectivity index (χ4v) is 9.17. The first-order chi connectivity index (χ1) is 23.6. The number of carbonyl (C=O) groups is 2. The van der Waals surface area contributed by atoms with Gasteiger partial charge in [0.25, 0.3) is 0 Å². The van der Waals surface area contributed by atoms with Crippen LogP contribution in [0.3, 0.4) is 0 Å². The van der Waals surface area contributed by atoms with Gasteiger partial charge in [0, 0.05) is 11.8 Å². The van der Waals surface area contributed by atoms with Gasteiger partial charge in [-0.15, -0.1) is 0 Å². The molecule has 52 heavy (non-hydrogen) atoms. The predicted molar refractivity (Wildman–Crippen MR) is 220 cm³/mol. The summed E-state index contributed by atoms with van der Waals surface area (Å²) in [6.07, 6.45) is 3.46. The maximum Gasteiger partial charge on any atom is 0.404 e. The third kappa shape index (κ3) is 14.4. The van der Waals surface area contributed by atoms with E-state index < -0.39 is 28.7 Å². The molecule has 0 aliphatic rings. The van der Waals surface area contributed by atoms with Crippen LogP contribution in [0, 0.1) is 29.6 Å². The number of ether oxygens (including phenoxy) is 3. The first kappa shape index (κ1) is 47.6. The Morgan fingerprint density at radius 1 is 0.769 bits per heavy atom. The molecule has 8 nitrogen and oxygen atoms in total. The highest BCUT2D eigenvalue weighted by Crippen LogP contribution is 2.42. The number of esters is 1. The largest absolute Gasteiger partial charge is 0.482 e. The molecular formula is C42H75NO7Si2. The molecule has 0 radical (unpaired) electrons. The third-order valence-corrected chi connectivity index (χ3v) is 20.2. The van der Waals surface area contributed by atoms with E-state index in [1.807, 2.05) is 36.4 Å². The van der Waals surface area contributed by atoms with Crippen LogP contribution >= 0.6 is 0 Å². The van der Waals surface area contributed by atoms with Gasteiger partial charge in [-0.3, -0.25) is 0 Å². The number of carbonyl (C=O) groups excluding carboxylic acids is 2. The zero-order valence-electron chi connectivity index (χ0n) is 36.0. The van der Waals surface area contributed by atoms with Gasteiger partial charge in [-0.05, 0) is 79.0 Å². The van der Waals surface area contributed by atoms with Crippen molar-refractivity contribution >= 4 is 28.7 Å². The molecule has 7 atom stereocenters. The third-order valence-electron chi connectivity index (χ3n) is 11.2. The number of amides is 1. The van der Waals surface area contributed by atoms with Crippen molar-refractivity contribution in [2.45, 2.75) is 158 Å². The lowest BCUT2D eigenvalue weighted by Crippen LogP contribution is -2.50. The first-order valence-corrected chi connectivity index (χ1v) is 24.9. The second-order valence-corrected chi connectivity index (χ2v) is 27.9. The summed E-state index contributed by atoms with van der Waals surface area (Å²) in [6, 6.07) is 9.78. The summed E-state index contributed by atoms with van der Waals surface area (Å²) in [7, 11) is -3.05. The van der Waals surface area contributed by atoms with E-state index in [1.165, 1.54) is 12.7 Å². The summed E-state index contributed by atoms with van der Waals surface area (Å²) in [5.41, 5.74) is 7.74. The van der Waals surface area contributed by atoms with Gasteiger partial charge >= 0.3 is 12.1 Å². The van der Waals surface area contributed by atoms with E-state index in [0.717, 1.165) is 12.0 Å². The minimum absolute atomic E-state index is 0.00772.